The summed E-state index contributed by atoms with van der Waals surface area (Å²) in [5.74, 6) is 0.168. The quantitative estimate of drug-likeness (QED) is 0.796. The Hall–Kier alpha value is -2.12. The van der Waals surface area contributed by atoms with Crippen LogP contribution in [0.25, 0.3) is 15.8 Å². The third-order valence-electron chi connectivity index (χ3n) is 3.12. The molecule has 1 aliphatic rings. The van der Waals surface area contributed by atoms with Crippen LogP contribution >= 0.6 is 11.3 Å². The van der Waals surface area contributed by atoms with E-state index in [1.807, 2.05) is 36.4 Å². The van der Waals surface area contributed by atoms with Crippen molar-refractivity contribution in [2.75, 3.05) is 0 Å². The smallest absolute Gasteiger partial charge is 0.220 e. The highest BCUT2D eigenvalue weighted by Gasteiger charge is 2.42. The van der Waals surface area contributed by atoms with E-state index in [1.165, 1.54) is 11.3 Å². The Kier molecular flexibility index (Phi) is 2.48. The molecule has 3 rings (SSSR count). The van der Waals surface area contributed by atoms with Gasteiger partial charge in [-0.25, -0.2) is 0 Å². The summed E-state index contributed by atoms with van der Waals surface area (Å²) in [6.07, 6.45) is 0. The molecule has 0 amide bonds. The van der Waals surface area contributed by atoms with Gasteiger partial charge in [0.25, 0.3) is 0 Å². The van der Waals surface area contributed by atoms with E-state index < -0.39 is 5.60 Å². The second kappa shape index (κ2) is 3.94. The number of carbonyl (C=O) groups excluding carboxylic acids is 1. The zero-order valence-electron chi connectivity index (χ0n) is 10.6. The SMILES string of the molecule is CC1(C)OC(c2cc3ccccc3s2)=C(C#N)C1=O. The predicted octanol–water partition coefficient (Wildman–Crippen LogP) is 3.51. The molecule has 0 saturated carbocycles. The van der Waals surface area contributed by atoms with Crippen molar-refractivity contribution in [3.05, 3.63) is 40.8 Å². The average molecular weight is 269 g/mol. The van der Waals surface area contributed by atoms with Crippen LogP contribution in [0, 0.1) is 11.3 Å². The number of hydrogen-bond acceptors (Lipinski definition) is 4. The fourth-order valence-corrected chi connectivity index (χ4v) is 3.18. The number of nitriles is 1. The number of nitrogens with zero attached hydrogens (tertiary/aromatic N) is 1. The lowest BCUT2D eigenvalue weighted by molar-refractivity contribution is -0.126. The maximum Gasteiger partial charge on any atom is 0.220 e. The van der Waals surface area contributed by atoms with Gasteiger partial charge in [-0.2, -0.15) is 5.26 Å². The number of hydrogen-bond donors (Lipinski definition) is 0. The van der Waals surface area contributed by atoms with Gasteiger partial charge in [0.1, 0.15) is 11.6 Å². The van der Waals surface area contributed by atoms with Gasteiger partial charge in [0.2, 0.25) is 5.78 Å². The number of rotatable bonds is 1. The minimum atomic E-state index is -0.948. The molecule has 0 aliphatic carbocycles. The van der Waals surface area contributed by atoms with E-state index in [-0.39, 0.29) is 11.4 Å². The number of fused-ring (bicyclic) bond motifs is 1. The molecule has 0 atom stereocenters. The van der Waals surface area contributed by atoms with E-state index in [0.717, 1.165) is 15.0 Å². The van der Waals surface area contributed by atoms with Crippen molar-refractivity contribution in [2.45, 2.75) is 19.4 Å². The van der Waals surface area contributed by atoms with Crippen molar-refractivity contribution < 1.29 is 9.53 Å². The molecule has 3 nitrogen and oxygen atoms in total. The van der Waals surface area contributed by atoms with Gasteiger partial charge in [0.05, 0.1) is 4.88 Å². The van der Waals surface area contributed by atoms with Crippen LogP contribution in [-0.4, -0.2) is 11.4 Å². The van der Waals surface area contributed by atoms with E-state index in [2.05, 4.69) is 0 Å². The third kappa shape index (κ3) is 1.74. The lowest BCUT2D eigenvalue weighted by Crippen LogP contribution is -2.29. The molecule has 0 N–H and O–H groups in total. The molecule has 0 bridgehead atoms. The average Bonchev–Trinajstić information content (AvgIpc) is 2.90. The topological polar surface area (TPSA) is 50.1 Å². The molecule has 1 aliphatic heterocycles. The van der Waals surface area contributed by atoms with Gasteiger partial charge in [-0.15, -0.1) is 11.3 Å². The summed E-state index contributed by atoms with van der Waals surface area (Å²) >= 11 is 1.53. The van der Waals surface area contributed by atoms with Crippen molar-refractivity contribution in [1.29, 1.82) is 5.26 Å². The lowest BCUT2D eigenvalue weighted by Gasteiger charge is -2.16. The van der Waals surface area contributed by atoms with Crippen molar-refractivity contribution in [3.8, 4) is 6.07 Å². The van der Waals surface area contributed by atoms with Crippen molar-refractivity contribution in [2.24, 2.45) is 0 Å². The first-order chi connectivity index (χ1) is 9.03. The Bertz CT molecular complexity index is 729. The Labute approximate surface area is 114 Å². The molecule has 0 spiro atoms. The van der Waals surface area contributed by atoms with Crippen LogP contribution in [0.5, 0.6) is 0 Å². The van der Waals surface area contributed by atoms with E-state index in [9.17, 15) is 10.1 Å². The molecule has 1 aromatic carbocycles. The lowest BCUT2D eigenvalue weighted by atomic mass is 10.00. The summed E-state index contributed by atoms with van der Waals surface area (Å²) in [4.78, 5) is 12.9. The summed E-state index contributed by atoms with van der Waals surface area (Å²) in [6.45, 7) is 3.37. The highest BCUT2D eigenvalue weighted by molar-refractivity contribution is 7.20. The standard InChI is InChI=1S/C15H11NO2S/c1-15(2)14(17)10(8-16)13(18-15)12-7-9-5-3-4-6-11(9)19-12/h3-7H,1-2H3. The van der Waals surface area contributed by atoms with Crippen molar-refractivity contribution >= 4 is 33.0 Å². The molecule has 0 saturated heterocycles. The molecule has 4 heteroatoms. The van der Waals surface area contributed by atoms with Crippen LogP contribution < -0.4 is 0 Å². The fraction of sp³-hybridized carbons (Fsp3) is 0.200. The van der Waals surface area contributed by atoms with Gasteiger partial charge in [0, 0.05) is 4.70 Å². The van der Waals surface area contributed by atoms with Crippen LogP contribution in [0.4, 0.5) is 0 Å². The van der Waals surface area contributed by atoms with Crippen molar-refractivity contribution in [3.63, 3.8) is 0 Å². The Morgan fingerprint density at radius 1 is 1.32 bits per heavy atom. The van der Waals surface area contributed by atoms with Gasteiger partial charge in [-0.1, -0.05) is 18.2 Å². The van der Waals surface area contributed by atoms with E-state index in [1.54, 1.807) is 13.8 Å². The molecule has 0 unspecified atom stereocenters. The first kappa shape index (κ1) is 11.9. The minimum Gasteiger partial charge on any atom is -0.477 e. The molecule has 19 heavy (non-hydrogen) atoms. The Morgan fingerprint density at radius 3 is 2.74 bits per heavy atom. The van der Waals surface area contributed by atoms with Crippen LogP contribution in [0.2, 0.25) is 0 Å². The van der Waals surface area contributed by atoms with Crippen molar-refractivity contribution in [1.82, 2.24) is 0 Å². The summed E-state index contributed by atoms with van der Waals surface area (Å²) in [5, 5.41) is 10.3. The highest BCUT2D eigenvalue weighted by atomic mass is 32.1. The minimum absolute atomic E-state index is 0.122. The molecule has 2 aromatic rings. The normalized spacial score (nSPS) is 17.6. The predicted molar refractivity (Wildman–Crippen MR) is 74.5 cm³/mol. The number of ketones is 1. The van der Waals surface area contributed by atoms with Crippen LogP contribution in [0.15, 0.2) is 35.9 Å². The summed E-state index contributed by atoms with van der Waals surface area (Å²) < 4.78 is 6.81. The molecular formula is C15H11NO2S. The molecule has 0 fully saturated rings. The van der Waals surface area contributed by atoms with E-state index >= 15 is 0 Å². The third-order valence-corrected chi connectivity index (χ3v) is 4.23. The van der Waals surface area contributed by atoms with E-state index in [4.69, 9.17) is 4.74 Å². The molecule has 0 radical (unpaired) electrons. The van der Waals surface area contributed by atoms with Gasteiger partial charge < -0.3 is 4.74 Å². The number of thiophene rings is 1. The number of benzene rings is 1. The molecular weight excluding hydrogens is 258 g/mol. The monoisotopic (exact) mass is 269 g/mol. The number of ether oxygens (including phenoxy) is 1. The first-order valence-electron chi connectivity index (χ1n) is 5.90. The second-order valence-corrected chi connectivity index (χ2v) is 5.99. The molecule has 94 valence electrons. The van der Waals surface area contributed by atoms with Gasteiger partial charge in [-0.05, 0) is 31.4 Å². The highest BCUT2D eigenvalue weighted by Crippen LogP contribution is 2.40. The van der Waals surface area contributed by atoms with Crippen LogP contribution in [-0.2, 0) is 9.53 Å². The maximum atomic E-state index is 12.1. The Morgan fingerprint density at radius 2 is 2.05 bits per heavy atom. The zero-order chi connectivity index (χ0) is 13.6. The van der Waals surface area contributed by atoms with E-state index in [0.29, 0.717) is 5.76 Å². The fourth-order valence-electron chi connectivity index (χ4n) is 2.13. The molecule has 2 heterocycles. The first-order valence-corrected chi connectivity index (χ1v) is 6.72. The zero-order valence-corrected chi connectivity index (χ0v) is 11.4. The maximum absolute atomic E-state index is 12.1. The summed E-state index contributed by atoms with van der Waals surface area (Å²) in [5.41, 5.74) is -0.826. The number of carbonyl (C=O) groups is 1. The largest absolute Gasteiger partial charge is 0.477 e. The summed E-state index contributed by atoms with van der Waals surface area (Å²) in [6, 6.07) is 11.9. The van der Waals surface area contributed by atoms with Crippen LogP contribution in [0.3, 0.4) is 0 Å². The summed E-state index contributed by atoms with van der Waals surface area (Å²) in [7, 11) is 0. The van der Waals surface area contributed by atoms with Gasteiger partial charge in [-0.3, -0.25) is 4.79 Å². The second-order valence-electron chi connectivity index (χ2n) is 4.91. The Balaban J connectivity index is 2.18. The number of Topliss-reactive ketones (excluding diaryl/α,β-unsaturated/α-hetero) is 1. The van der Waals surface area contributed by atoms with Crippen LogP contribution in [0.1, 0.15) is 18.7 Å². The van der Waals surface area contributed by atoms with Gasteiger partial charge >= 0.3 is 0 Å². The van der Waals surface area contributed by atoms with Gasteiger partial charge in [0.15, 0.2) is 11.4 Å². The molecule has 1 aromatic heterocycles.